The summed E-state index contributed by atoms with van der Waals surface area (Å²) < 4.78 is 181. The summed E-state index contributed by atoms with van der Waals surface area (Å²) >= 11 is 0. The van der Waals surface area contributed by atoms with Crippen molar-refractivity contribution in [2.45, 2.75) is 23.7 Å². The van der Waals surface area contributed by atoms with Gasteiger partial charge in [-0.25, -0.2) is 9.97 Å². The third-order valence-electron chi connectivity index (χ3n) is 6.00. The molecule has 1 aliphatic heterocycles. The molecule has 0 spiro atoms. The van der Waals surface area contributed by atoms with E-state index in [-0.39, 0.29) is 33.2 Å². The first-order valence-corrected chi connectivity index (χ1v) is 10.8. The number of hydrogen-bond acceptors (Lipinski definition) is 2. The molecule has 41 heavy (non-hydrogen) atoms. The first-order chi connectivity index (χ1) is 18.5. The van der Waals surface area contributed by atoms with E-state index in [4.69, 9.17) is 0 Å². The van der Waals surface area contributed by atoms with E-state index in [1.807, 2.05) is 0 Å². The molecule has 0 saturated carbocycles. The van der Waals surface area contributed by atoms with Crippen molar-refractivity contribution in [1.29, 1.82) is 0 Å². The molecular weight excluding hydrogens is 763 g/mol. The van der Waals surface area contributed by atoms with Gasteiger partial charge >= 0.3 is 21.1 Å². The van der Waals surface area contributed by atoms with Crippen molar-refractivity contribution in [3.05, 3.63) is 129 Å². The van der Waals surface area contributed by atoms with E-state index < -0.39 is 92.0 Å². The average molecular weight is 771 g/mol. The van der Waals surface area contributed by atoms with Gasteiger partial charge in [-0.2, -0.15) is 47.3 Å². The van der Waals surface area contributed by atoms with E-state index in [0.29, 0.717) is 36.4 Å². The number of hydrogen-bond donors (Lipinski definition) is 0. The van der Waals surface area contributed by atoms with Crippen LogP contribution in [0.1, 0.15) is 45.0 Å². The second kappa shape index (κ2) is 9.85. The number of pyridine rings is 2. The molecule has 5 rings (SSSR count). The molecule has 2 nitrogen and oxygen atoms in total. The fourth-order valence-electron chi connectivity index (χ4n) is 4.00. The van der Waals surface area contributed by atoms with Gasteiger partial charge in [-0.1, -0.05) is 34.4 Å². The molecule has 216 valence electrons. The molecule has 8 bridgehead atoms. The summed E-state index contributed by atoms with van der Waals surface area (Å²) in [4.78, 5) is 5.98. The molecule has 15 heteroatoms. The van der Waals surface area contributed by atoms with Crippen molar-refractivity contribution in [2.75, 3.05) is 0 Å². The van der Waals surface area contributed by atoms with Gasteiger partial charge in [0.05, 0.1) is 0 Å². The zero-order chi connectivity index (χ0) is 29.4. The van der Waals surface area contributed by atoms with Crippen LogP contribution in [0.3, 0.4) is 0 Å². The predicted molar refractivity (Wildman–Crippen MR) is 111 cm³/mol. The quantitative estimate of drug-likeness (QED) is 0.137. The molecule has 0 N–H and O–H groups in total. The van der Waals surface area contributed by atoms with E-state index in [0.717, 1.165) is 0 Å². The van der Waals surface area contributed by atoms with Crippen LogP contribution in [0.15, 0.2) is 48.5 Å². The monoisotopic (exact) mass is 771 g/mol. The number of aromatic nitrogens is 2. The number of rotatable bonds is 0. The Morgan fingerprint density at radius 3 is 0.878 bits per heavy atom. The Labute approximate surface area is 236 Å². The standard InChI is InChI=1S/C26H8F12N2.Pt/c27-15-9-17(29)13-7-11(15)23(31,32)19-3-1-4-20(39-19)24(33,34)12-8-14(18(30)10-16(12)28)26(37,38)22-6-2-5-21(40-22)25(13,35)36;/h1-6,9-10H;/q-2;+2. The van der Waals surface area contributed by atoms with Crippen LogP contribution in [0.4, 0.5) is 52.7 Å². The third kappa shape index (κ3) is 4.69. The number of halogens is 12. The van der Waals surface area contributed by atoms with Gasteiger partial charge < -0.3 is 0 Å². The second-order valence-electron chi connectivity index (χ2n) is 8.54. The number of alkyl halides is 8. The molecule has 0 atom stereocenters. The van der Waals surface area contributed by atoms with Crippen molar-refractivity contribution in [3.63, 3.8) is 0 Å². The number of benzene rings is 2. The van der Waals surface area contributed by atoms with E-state index >= 15 is 35.1 Å². The van der Waals surface area contributed by atoms with Gasteiger partial charge in [-0.05, 0) is 24.3 Å². The fourth-order valence-corrected chi connectivity index (χ4v) is 4.00. The maximum atomic E-state index is 15.3. The van der Waals surface area contributed by atoms with Crippen LogP contribution in [0.2, 0.25) is 0 Å². The molecule has 0 fully saturated rings. The average Bonchev–Trinajstić information content (AvgIpc) is 2.87. The minimum Gasteiger partial charge on any atom is -0.284 e. The minimum atomic E-state index is -4.82. The van der Waals surface area contributed by atoms with Crippen molar-refractivity contribution in [2.24, 2.45) is 0 Å². The summed E-state index contributed by atoms with van der Waals surface area (Å²) in [5, 5.41) is 0. The van der Waals surface area contributed by atoms with Crippen LogP contribution in [0.5, 0.6) is 0 Å². The van der Waals surface area contributed by atoms with E-state index in [9.17, 15) is 17.6 Å². The normalized spacial score (nSPS) is 17.9. The van der Waals surface area contributed by atoms with E-state index in [2.05, 4.69) is 9.97 Å². The van der Waals surface area contributed by atoms with Crippen LogP contribution < -0.4 is 0 Å². The smallest absolute Gasteiger partial charge is 0.284 e. The van der Waals surface area contributed by atoms with Crippen LogP contribution >= 0.6 is 0 Å². The summed E-state index contributed by atoms with van der Waals surface area (Å²) in [5.41, 5.74) is -15.0. The molecule has 2 aromatic heterocycles. The van der Waals surface area contributed by atoms with Gasteiger partial charge in [0.25, 0.3) is 23.7 Å². The Balaban J connectivity index is 0.00000387. The van der Waals surface area contributed by atoms with Crippen LogP contribution in [0.25, 0.3) is 0 Å². The van der Waals surface area contributed by atoms with E-state index in [1.54, 1.807) is 0 Å². The van der Waals surface area contributed by atoms with Crippen LogP contribution in [0, 0.1) is 35.4 Å². The van der Waals surface area contributed by atoms with Crippen molar-refractivity contribution in [1.82, 2.24) is 9.97 Å². The van der Waals surface area contributed by atoms with Gasteiger partial charge in [0, 0.05) is 23.3 Å². The summed E-state index contributed by atoms with van der Waals surface area (Å²) in [6, 6.07) is 4.17. The molecule has 0 aliphatic carbocycles. The molecule has 0 amide bonds. The minimum absolute atomic E-state index is 0. The predicted octanol–water partition coefficient (Wildman–Crippen LogP) is 7.50. The van der Waals surface area contributed by atoms with Crippen molar-refractivity contribution < 1.29 is 73.8 Å². The molecule has 4 aromatic rings. The molecule has 0 saturated heterocycles. The molecule has 1 aliphatic rings. The zero-order valence-corrected chi connectivity index (χ0v) is 21.6. The maximum absolute atomic E-state index is 15.3. The Morgan fingerprint density at radius 2 is 0.659 bits per heavy atom. The maximum Gasteiger partial charge on any atom is 2.00 e. The summed E-state index contributed by atoms with van der Waals surface area (Å²) in [7, 11) is 0. The van der Waals surface area contributed by atoms with Gasteiger partial charge in [-0.3, -0.25) is 17.6 Å². The van der Waals surface area contributed by atoms with Gasteiger partial charge in [-0.15, -0.1) is 12.1 Å². The first kappa shape index (κ1) is 30.5. The summed E-state index contributed by atoms with van der Waals surface area (Å²) in [5.74, 6) is -27.8. The number of nitrogens with zero attached hydrogens (tertiary/aromatic N) is 2. The van der Waals surface area contributed by atoms with Crippen LogP contribution in [-0.2, 0) is 44.8 Å². The Morgan fingerprint density at radius 1 is 0.439 bits per heavy atom. The second-order valence-corrected chi connectivity index (χ2v) is 8.54. The summed E-state index contributed by atoms with van der Waals surface area (Å²) in [6.45, 7) is 0. The fraction of sp³-hybridized carbons (Fsp3) is 0.154. The molecule has 2 aromatic carbocycles. The molecule has 3 heterocycles. The Hall–Kier alpha value is -3.41. The topological polar surface area (TPSA) is 25.8 Å². The van der Waals surface area contributed by atoms with Gasteiger partial charge in [0.2, 0.25) is 0 Å². The Kier molecular flexibility index (Phi) is 7.34. The van der Waals surface area contributed by atoms with Gasteiger partial charge in [0.1, 0.15) is 22.8 Å². The van der Waals surface area contributed by atoms with Crippen molar-refractivity contribution >= 4 is 0 Å². The van der Waals surface area contributed by atoms with Crippen molar-refractivity contribution in [3.8, 4) is 0 Å². The molecule has 0 unspecified atom stereocenters. The van der Waals surface area contributed by atoms with E-state index in [1.165, 1.54) is 12.1 Å². The SMILES string of the molecule is Fc1cc(F)c2[c-]c1C(F)(F)c1cccc(n1)C(F)(F)c1[c-]c(c(F)cc1F)C(F)(F)c1cccc(n1)C2(F)F.[Pt+2]. The molecular formula is C26H8F12N2Pt. The Bertz CT molecular complexity index is 1440. The largest absolute Gasteiger partial charge is 2.00 e. The number of fused-ring (bicyclic) bond motifs is 8. The first-order valence-electron chi connectivity index (χ1n) is 10.8. The zero-order valence-electron chi connectivity index (χ0n) is 19.4. The van der Waals surface area contributed by atoms with Gasteiger partial charge in [0.15, 0.2) is 0 Å². The third-order valence-corrected chi connectivity index (χ3v) is 6.00. The summed E-state index contributed by atoms with van der Waals surface area (Å²) in [6.07, 6.45) is 0. The van der Waals surface area contributed by atoms with Crippen LogP contribution in [-0.4, -0.2) is 9.97 Å². The molecule has 0 radical (unpaired) electrons.